The smallest absolute Gasteiger partial charge is 0.242 e. The van der Waals surface area contributed by atoms with Crippen LogP contribution in [-0.4, -0.2) is 20.5 Å². The minimum atomic E-state index is -3.54. The largest absolute Gasteiger partial charge is 0.313 e. The highest BCUT2D eigenvalue weighted by molar-refractivity contribution is 9.10. The molecule has 1 rings (SSSR count). The van der Waals surface area contributed by atoms with Crippen LogP contribution in [0.25, 0.3) is 0 Å². The molecule has 0 aliphatic heterocycles. The Morgan fingerprint density at radius 1 is 1.25 bits per heavy atom. The second-order valence-electron chi connectivity index (χ2n) is 5.86. The summed E-state index contributed by atoms with van der Waals surface area (Å²) in [6, 6.07) is 3.71. The van der Waals surface area contributed by atoms with Crippen LogP contribution in [0.4, 0.5) is 0 Å². The first-order chi connectivity index (χ1) is 9.07. The maximum atomic E-state index is 12.5. The van der Waals surface area contributed by atoms with E-state index < -0.39 is 15.6 Å². The molecule has 0 aromatic heterocycles. The Kier molecular flexibility index (Phi) is 5.78. The Hall–Kier alpha value is -0.430. The number of hydrogen-bond donors (Lipinski definition) is 2. The number of benzene rings is 1. The van der Waals surface area contributed by atoms with Crippen molar-refractivity contribution in [1.29, 1.82) is 0 Å². The molecular formula is C14H23BrN2O2S. The van der Waals surface area contributed by atoms with E-state index in [1.165, 1.54) is 0 Å². The minimum Gasteiger partial charge on any atom is -0.313 e. The van der Waals surface area contributed by atoms with Crippen LogP contribution >= 0.6 is 15.9 Å². The molecule has 2 N–H and O–H groups in total. The molecule has 20 heavy (non-hydrogen) atoms. The molecule has 0 amide bonds. The predicted molar refractivity (Wildman–Crippen MR) is 86.3 cm³/mol. The van der Waals surface area contributed by atoms with Crippen LogP contribution in [-0.2, 0) is 16.6 Å². The number of aryl methyl sites for hydroxylation is 1. The van der Waals surface area contributed by atoms with Crippen molar-refractivity contribution in [1.82, 2.24) is 10.0 Å². The summed E-state index contributed by atoms with van der Waals surface area (Å²) in [6.45, 7) is 10.9. The summed E-state index contributed by atoms with van der Waals surface area (Å²) in [4.78, 5) is 0.292. The first-order valence-corrected chi connectivity index (χ1v) is 8.88. The lowest BCUT2D eigenvalue weighted by atomic mass is 10.1. The van der Waals surface area contributed by atoms with E-state index in [9.17, 15) is 8.42 Å². The first-order valence-electron chi connectivity index (χ1n) is 6.60. The lowest BCUT2D eigenvalue weighted by Crippen LogP contribution is -2.40. The summed E-state index contributed by atoms with van der Waals surface area (Å²) < 4.78 is 28.3. The number of halogens is 1. The van der Waals surface area contributed by atoms with E-state index in [0.717, 1.165) is 17.7 Å². The molecule has 0 saturated heterocycles. The van der Waals surface area contributed by atoms with Gasteiger partial charge in [0.2, 0.25) is 10.0 Å². The highest BCUT2D eigenvalue weighted by atomic mass is 79.9. The van der Waals surface area contributed by atoms with Gasteiger partial charge in [0.05, 0.1) is 4.90 Å². The van der Waals surface area contributed by atoms with Crippen molar-refractivity contribution >= 4 is 26.0 Å². The molecule has 0 fully saturated rings. The number of sulfonamides is 1. The summed E-state index contributed by atoms with van der Waals surface area (Å²) in [7, 11) is -3.54. The fraction of sp³-hybridized carbons (Fsp3) is 0.571. The van der Waals surface area contributed by atoms with E-state index in [4.69, 9.17) is 0 Å². The highest BCUT2D eigenvalue weighted by Gasteiger charge is 2.25. The molecular weight excluding hydrogens is 340 g/mol. The van der Waals surface area contributed by atoms with Gasteiger partial charge in [0.1, 0.15) is 0 Å². The van der Waals surface area contributed by atoms with Gasteiger partial charge in [-0.25, -0.2) is 13.1 Å². The molecule has 0 saturated carbocycles. The monoisotopic (exact) mass is 362 g/mol. The van der Waals surface area contributed by atoms with E-state index in [0.29, 0.717) is 15.9 Å². The Balaban J connectivity index is 3.26. The average Bonchev–Trinajstić information content (AvgIpc) is 2.27. The third-order valence-corrected chi connectivity index (χ3v) is 5.69. The maximum absolute atomic E-state index is 12.5. The Morgan fingerprint density at radius 3 is 2.35 bits per heavy atom. The summed E-state index contributed by atoms with van der Waals surface area (Å²) >= 11 is 3.39. The number of nitrogens with one attached hydrogen (secondary N) is 2. The van der Waals surface area contributed by atoms with Gasteiger partial charge in [-0.2, -0.15) is 0 Å². The van der Waals surface area contributed by atoms with Gasteiger partial charge >= 0.3 is 0 Å². The van der Waals surface area contributed by atoms with Crippen LogP contribution in [0.1, 0.15) is 38.8 Å². The molecule has 0 unspecified atom stereocenters. The molecule has 1 aromatic carbocycles. The fourth-order valence-corrected chi connectivity index (χ4v) is 4.32. The second kappa shape index (κ2) is 6.56. The fourth-order valence-electron chi connectivity index (χ4n) is 1.83. The van der Waals surface area contributed by atoms with E-state index in [1.54, 1.807) is 6.07 Å². The minimum absolute atomic E-state index is 0.292. The topological polar surface area (TPSA) is 58.2 Å². The predicted octanol–water partition coefficient (Wildman–Crippen LogP) is 2.94. The molecule has 0 radical (unpaired) electrons. The first kappa shape index (κ1) is 17.6. The normalized spacial score (nSPS) is 12.7. The highest BCUT2D eigenvalue weighted by Crippen LogP contribution is 2.28. The maximum Gasteiger partial charge on any atom is 0.242 e. The van der Waals surface area contributed by atoms with E-state index in [-0.39, 0.29) is 0 Å². The zero-order valence-electron chi connectivity index (χ0n) is 12.7. The molecule has 0 heterocycles. The second-order valence-corrected chi connectivity index (χ2v) is 8.30. The summed E-state index contributed by atoms with van der Waals surface area (Å²) in [5.74, 6) is 0. The van der Waals surface area contributed by atoms with E-state index in [1.807, 2.05) is 40.7 Å². The van der Waals surface area contributed by atoms with Crippen molar-refractivity contribution in [2.75, 3.05) is 6.54 Å². The molecule has 114 valence electrons. The van der Waals surface area contributed by atoms with Gasteiger partial charge in [0.15, 0.2) is 0 Å². The van der Waals surface area contributed by atoms with Gasteiger partial charge in [-0.15, -0.1) is 0 Å². The van der Waals surface area contributed by atoms with Crippen LogP contribution < -0.4 is 10.0 Å². The zero-order valence-corrected chi connectivity index (χ0v) is 15.1. The van der Waals surface area contributed by atoms with E-state index >= 15 is 0 Å². The number of hydrogen-bond acceptors (Lipinski definition) is 3. The van der Waals surface area contributed by atoms with Crippen LogP contribution in [0, 0.1) is 6.92 Å². The van der Waals surface area contributed by atoms with Crippen molar-refractivity contribution in [2.24, 2.45) is 0 Å². The van der Waals surface area contributed by atoms with Crippen LogP contribution in [0.3, 0.4) is 0 Å². The SMILES string of the molecule is CCNCc1cc(C)c(Br)c(S(=O)(=O)NC(C)(C)C)c1. The summed E-state index contributed by atoms with van der Waals surface area (Å²) in [6.07, 6.45) is 0. The van der Waals surface area contributed by atoms with Gasteiger partial charge in [0.25, 0.3) is 0 Å². The molecule has 0 aliphatic carbocycles. The van der Waals surface area contributed by atoms with Crippen LogP contribution in [0.5, 0.6) is 0 Å². The Bertz CT molecular complexity index is 578. The summed E-state index contributed by atoms with van der Waals surface area (Å²) in [5.41, 5.74) is 1.36. The molecule has 0 atom stereocenters. The molecule has 4 nitrogen and oxygen atoms in total. The Morgan fingerprint density at radius 2 is 1.85 bits per heavy atom. The van der Waals surface area contributed by atoms with E-state index in [2.05, 4.69) is 26.0 Å². The van der Waals surface area contributed by atoms with Gasteiger partial charge in [-0.05, 0) is 67.4 Å². The quantitative estimate of drug-likeness (QED) is 0.846. The number of rotatable bonds is 5. The van der Waals surface area contributed by atoms with Gasteiger partial charge in [0, 0.05) is 16.6 Å². The zero-order chi connectivity index (χ0) is 15.6. The molecule has 6 heteroatoms. The Labute approximate surface area is 130 Å². The lowest BCUT2D eigenvalue weighted by molar-refractivity contribution is 0.491. The molecule has 0 spiro atoms. The van der Waals surface area contributed by atoms with Crippen molar-refractivity contribution in [3.05, 3.63) is 27.7 Å². The molecule has 0 bridgehead atoms. The van der Waals surface area contributed by atoms with Crippen LogP contribution in [0.2, 0.25) is 0 Å². The third kappa shape index (κ3) is 4.84. The van der Waals surface area contributed by atoms with Crippen molar-refractivity contribution in [3.63, 3.8) is 0 Å². The third-order valence-electron chi connectivity index (χ3n) is 2.59. The van der Waals surface area contributed by atoms with Crippen molar-refractivity contribution in [3.8, 4) is 0 Å². The van der Waals surface area contributed by atoms with Crippen LogP contribution in [0.15, 0.2) is 21.5 Å². The van der Waals surface area contributed by atoms with Gasteiger partial charge in [-0.1, -0.05) is 13.0 Å². The van der Waals surface area contributed by atoms with Gasteiger partial charge < -0.3 is 5.32 Å². The van der Waals surface area contributed by atoms with Crippen molar-refractivity contribution in [2.45, 2.75) is 51.6 Å². The molecule has 1 aromatic rings. The lowest BCUT2D eigenvalue weighted by Gasteiger charge is -2.21. The van der Waals surface area contributed by atoms with Crippen molar-refractivity contribution < 1.29 is 8.42 Å². The standard InChI is InChI=1S/C14H23BrN2O2S/c1-6-16-9-11-7-10(2)13(15)12(8-11)20(18,19)17-14(3,4)5/h7-8,16-17H,6,9H2,1-5H3. The average molecular weight is 363 g/mol. The molecule has 0 aliphatic rings. The summed E-state index contributed by atoms with van der Waals surface area (Å²) in [5, 5.41) is 3.21. The van der Waals surface area contributed by atoms with Gasteiger partial charge in [-0.3, -0.25) is 0 Å².